The molecule has 2 amide bonds. The van der Waals surface area contributed by atoms with Crippen molar-refractivity contribution in [3.63, 3.8) is 0 Å². The predicted octanol–water partition coefficient (Wildman–Crippen LogP) is 3.05. The summed E-state index contributed by atoms with van der Waals surface area (Å²) in [6.45, 7) is 3.79. The molecule has 0 spiro atoms. The number of nitrogens with one attached hydrogen (secondary N) is 2. The Bertz CT molecular complexity index is 593. The lowest BCUT2D eigenvalue weighted by Gasteiger charge is -2.09. The molecule has 0 aliphatic carbocycles. The van der Waals surface area contributed by atoms with Crippen LogP contribution in [-0.2, 0) is 0 Å². The molecule has 104 valence electrons. The Balaban J connectivity index is 1.97. The van der Waals surface area contributed by atoms with Gasteiger partial charge in [0.25, 0.3) is 0 Å². The third-order valence-electron chi connectivity index (χ3n) is 2.82. The van der Waals surface area contributed by atoms with Crippen molar-refractivity contribution >= 4 is 17.5 Å². The number of carbonyl (C=O) groups excluding carboxylic acids is 1. The molecule has 2 rings (SSSR count). The summed E-state index contributed by atoms with van der Waals surface area (Å²) in [6.07, 6.45) is 0. The Morgan fingerprint density at radius 1 is 1.15 bits per heavy atom. The highest BCUT2D eigenvalue weighted by Gasteiger charge is 2.04. The average Bonchev–Trinajstić information content (AvgIpc) is 2.39. The molecule has 1 aromatic carbocycles. The van der Waals surface area contributed by atoms with E-state index in [4.69, 9.17) is 5.73 Å². The number of carbonyl (C=O) groups is 1. The van der Waals surface area contributed by atoms with Crippen molar-refractivity contribution in [2.75, 3.05) is 10.6 Å². The van der Waals surface area contributed by atoms with Crippen LogP contribution in [0.25, 0.3) is 0 Å². The molecule has 1 atom stereocenters. The van der Waals surface area contributed by atoms with Gasteiger partial charge in [-0.2, -0.15) is 0 Å². The Kier molecular flexibility index (Phi) is 4.32. The van der Waals surface area contributed by atoms with Gasteiger partial charge in [0.2, 0.25) is 0 Å². The van der Waals surface area contributed by atoms with E-state index in [2.05, 4.69) is 15.6 Å². The molecule has 0 aliphatic rings. The van der Waals surface area contributed by atoms with Gasteiger partial charge in [0, 0.05) is 17.4 Å². The maximum atomic E-state index is 11.8. The highest BCUT2D eigenvalue weighted by Crippen LogP contribution is 2.14. The molecule has 0 radical (unpaired) electrons. The van der Waals surface area contributed by atoms with Crippen molar-refractivity contribution in [1.29, 1.82) is 0 Å². The summed E-state index contributed by atoms with van der Waals surface area (Å²) in [4.78, 5) is 16.0. The number of hydrogen-bond donors (Lipinski definition) is 3. The van der Waals surface area contributed by atoms with Crippen LogP contribution in [-0.4, -0.2) is 11.0 Å². The van der Waals surface area contributed by atoms with E-state index in [9.17, 15) is 4.79 Å². The van der Waals surface area contributed by atoms with Crippen molar-refractivity contribution in [2.45, 2.75) is 19.9 Å². The van der Waals surface area contributed by atoms with Crippen molar-refractivity contribution in [1.82, 2.24) is 4.98 Å². The Labute approximate surface area is 118 Å². The first-order valence-electron chi connectivity index (χ1n) is 6.42. The minimum absolute atomic E-state index is 0.0191. The largest absolute Gasteiger partial charge is 0.324 e. The van der Waals surface area contributed by atoms with Gasteiger partial charge in [0.1, 0.15) is 5.82 Å². The van der Waals surface area contributed by atoms with E-state index < -0.39 is 0 Å². The monoisotopic (exact) mass is 270 g/mol. The van der Waals surface area contributed by atoms with Gasteiger partial charge in [-0.3, -0.25) is 5.32 Å². The maximum absolute atomic E-state index is 11.8. The summed E-state index contributed by atoms with van der Waals surface area (Å²) >= 11 is 0. The first kappa shape index (κ1) is 14.0. The van der Waals surface area contributed by atoms with Crippen LogP contribution in [0.5, 0.6) is 0 Å². The van der Waals surface area contributed by atoms with E-state index >= 15 is 0 Å². The van der Waals surface area contributed by atoms with Crippen LogP contribution < -0.4 is 16.4 Å². The fourth-order valence-corrected chi connectivity index (χ4v) is 1.76. The maximum Gasteiger partial charge on any atom is 0.324 e. The van der Waals surface area contributed by atoms with Crippen LogP contribution in [0, 0.1) is 6.92 Å². The molecule has 4 N–H and O–H groups in total. The second-order valence-corrected chi connectivity index (χ2v) is 4.65. The van der Waals surface area contributed by atoms with E-state index in [1.165, 1.54) is 0 Å². The SMILES string of the molecule is Cc1cccc(NC(=O)Nc2ccc(C(C)N)cc2)n1. The topological polar surface area (TPSA) is 80.0 Å². The molecule has 1 unspecified atom stereocenters. The standard InChI is InChI=1S/C15H18N4O/c1-10-4-3-5-14(17-10)19-15(20)18-13-8-6-12(7-9-13)11(2)16/h3-9,11H,16H2,1-2H3,(H2,17,18,19,20). The summed E-state index contributed by atoms with van der Waals surface area (Å²) in [6, 6.07) is 12.5. The second-order valence-electron chi connectivity index (χ2n) is 4.65. The molecule has 5 heteroatoms. The third kappa shape index (κ3) is 3.80. The lowest BCUT2D eigenvalue weighted by atomic mass is 10.1. The van der Waals surface area contributed by atoms with Crippen LogP contribution in [0.1, 0.15) is 24.2 Å². The van der Waals surface area contributed by atoms with Crippen molar-refractivity contribution in [3.8, 4) is 0 Å². The van der Waals surface area contributed by atoms with Gasteiger partial charge in [-0.1, -0.05) is 18.2 Å². The summed E-state index contributed by atoms with van der Waals surface area (Å²) in [7, 11) is 0. The van der Waals surface area contributed by atoms with Gasteiger partial charge < -0.3 is 11.1 Å². The molecule has 0 aliphatic heterocycles. The summed E-state index contributed by atoms with van der Waals surface area (Å²) < 4.78 is 0. The van der Waals surface area contributed by atoms with E-state index in [1.54, 1.807) is 6.07 Å². The van der Waals surface area contributed by atoms with E-state index in [1.807, 2.05) is 50.2 Å². The lowest BCUT2D eigenvalue weighted by molar-refractivity contribution is 0.262. The quantitative estimate of drug-likeness (QED) is 0.802. The van der Waals surface area contributed by atoms with E-state index in [0.717, 1.165) is 11.3 Å². The number of hydrogen-bond acceptors (Lipinski definition) is 3. The molecule has 0 bridgehead atoms. The first-order chi connectivity index (χ1) is 9.54. The molecule has 5 nitrogen and oxygen atoms in total. The zero-order valence-corrected chi connectivity index (χ0v) is 11.6. The number of aryl methyl sites for hydroxylation is 1. The van der Waals surface area contributed by atoms with Gasteiger partial charge in [-0.15, -0.1) is 0 Å². The lowest BCUT2D eigenvalue weighted by Crippen LogP contribution is -2.20. The van der Waals surface area contributed by atoms with Crippen LogP contribution >= 0.6 is 0 Å². The number of urea groups is 1. The molecule has 0 saturated carbocycles. The molecule has 20 heavy (non-hydrogen) atoms. The van der Waals surface area contributed by atoms with Gasteiger partial charge in [-0.25, -0.2) is 9.78 Å². The molecular weight excluding hydrogens is 252 g/mol. The van der Waals surface area contributed by atoms with Crippen LogP contribution in [0.2, 0.25) is 0 Å². The van der Waals surface area contributed by atoms with Crippen LogP contribution in [0.4, 0.5) is 16.3 Å². The number of rotatable bonds is 3. The normalized spacial score (nSPS) is 11.8. The zero-order valence-electron chi connectivity index (χ0n) is 11.6. The summed E-state index contributed by atoms with van der Waals surface area (Å²) in [5.74, 6) is 0.523. The van der Waals surface area contributed by atoms with Gasteiger partial charge in [0.05, 0.1) is 0 Å². The fourth-order valence-electron chi connectivity index (χ4n) is 1.76. The van der Waals surface area contributed by atoms with Crippen LogP contribution in [0.3, 0.4) is 0 Å². The van der Waals surface area contributed by atoms with Crippen molar-refractivity contribution in [2.24, 2.45) is 5.73 Å². The van der Waals surface area contributed by atoms with Gasteiger partial charge in [0.15, 0.2) is 0 Å². The summed E-state index contributed by atoms with van der Waals surface area (Å²) in [5, 5.41) is 5.43. The minimum Gasteiger partial charge on any atom is -0.324 e. The number of benzene rings is 1. The predicted molar refractivity (Wildman–Crippen MR) is 80.7 cm³/mol. The second kappa shape index (κ2) is 6.16. The summed E-state index contributed by atoms with van der Waals surface area (Å²) in [5.41, 5.74) is 8.36. The Hall–Kier alpha value is -2.40. The van der Waals surface area contributed by atoms with Gasteiger partial charge in [-0.05, 0) is 43.7 Å². The Morgan fingerprint density at radius 3 is 2.45 bits per heavy atom. The smallest absolute Gasteiger partial charge is 0.324 e. The molecule has 1 aromatic heterocycles. The van der Waals surface area contributed by atoms with E-state index in [0.29, 0.717) is 11.5 Å². The highest BCUT2D eigenvalue weighted by molar-refractivity contribution is 5.99. The van der Waals surface area contributed by atoms with Crippen LogP contribution in [0.15, 0.2) is 42.5 Å². The fraction of sp³-hybridized carbons (Fsp3) is 0.200. The number of pyridine rings is 1. The van der Waals surface area contributed by atoms with Crippen molar-refractivity contribution < 1.29 is 4.79 Å². The molecule has 1 heterocycles. The molecule has 0 fully saturated rings. The number of aromatic nitrogens is 1. The number of nitrogens with two attached hydrogens (primary N) is 1. The number of anilines is 2. The third-order valence-corrected chi connectivity index (χ3v) is 2.82. The first-order valence-corrected chi connectivity index (χ1v) is 6.42. The molecule has 0 saturated heterocycles. The zero-order chi connectivity index (χ0) is 14.5. The number of amides is 2. The highest BCUT2D eigenvalue weighted by atomic mass is 16.2. The minimum atomic E-state index is -0.323. The Morgan fingerprint density at radius 2 is 1.85 bits per heavy atom. The molecule has 2 aromatic rings. The number of nitrogens with zero attached hydrogens (tertiary/aromatic N) is 1. The average molecular weight is 270 g/mol. The van der Waals surface area contributed by atoms with Gasteiger partial charge >= 0.3 is 6.03 Å². The van der Waals surface area contributed by atoms with E-state index in [-0.39, 0.29) is 12.1 Å². The molecular formula is C15H18N4O. The van der Waals surface area contributed by atoms with Crippen molar-refractivity contribution in [3.05, 3.63) is 53.7 Å².